The van der Waals surface area contributed by atoms with E-state index in [1.54, 1.807) is 4.90 Å². The fraction of sp³-hybridized carbons (Fsp3) is 0.348. The van der Waals surface area contributed by atoms with E-state index in [1.165, 1.54) is 11.9 Å². The number of nitrogens with one attached hydrogen (secondary N) is 1. The lowest BCUT2D eigenvalue weighted by Crippen LogP contribution is -2.34. The number of carbonyl (C=O) groups is 1. The highest BCUT2D eigenvalue weighted by molar-refractivity contribution is 7.97. The van der Waals surface area contributed by atoms with Gasteiger partial charge in [0.25, 0.3) is 0 Å². The Kier molecular flexibility index (Phi) is 8.08. The van der Waals surface area contributed by atoms with Crippen molar-refractivity contribution in [3.05, 3.63) is 53.1 Å². The van der Waals surface area contributed by atoms with Gasteiger partial charge in [-0.25, -0.2) is 9.39 Å². The van der Waals surface area contributed by atoms with Gasteiger partial charge in [-0.15, -0.1) is 0 Å². The number of hydrogen-bond donors (Lipinski definition) is 2. The molecule has 0 aliphatic carbocycles. The van der Waals surface area contributed by atoms with Crippen LogP contribution < -0.4 is 15.0 Å². The molecule has 0 radical (unpaired) electrons. The zero-order chi connectivity index (χ0) is 22.2. The Morgan fingerprint density at radius 1 is 1.35 bits per heavy atom. The van der Waals surface area contributed by atoms with Gasteiger partial charge < -0.3 is 20.1 Å². The first-order valence-electron chi connectivity index (χ1n) is 10.2. The molecule has 0 unspecified atom stereocenters. The number of aliphatic imine (C=N–C) groups is 1. The quantitative estimate of drug-likeness (QED) is 0.353. The van der Waals surface area contributed by atoms with Gasteiger partial charge in [0.15, 0.2) is 0 Å². The number of hydrogen-bond acceptors (Lipinski definition) is 6. The van der Waals surface area contributed by atoms with E-state index < -0.39 is 0 Å². The van der Waals surface area contributed by atoms with Gasteiger partial charge in [-0.3, -0.25) is 4.79 Å². The number of aliphatic hydroxyl groups is 1. The van der Waals surface area contributed by atoms with Gasteiger partial charge in [-0.05, 0) is 68.3 Å². The van der Waals surface area contributed by atoms with Gasteiger partial charge >= 0.3 is 0 Å². The second-order valence-corrected chi connectivity index (χ2v) is 7.92. The lowest BCUT2D eigenvalue weighted by Gasteiger charge is -2.19. The molecule has 0 saturated carbocycles. The number of ether oxygens (including phenoxy) is 1. The molecule has 1 amide bonds. The highest BCUT2D eigenvalue weighted by atomic mass is 32.2. The summed E-state index contributed by atoms with van der Waals surface area (Å²) in [6, 6.07) is 11.9. The first kappa shape index (κ1) is 22.8. The predicted octanol–water partition coefficient (Wildman–Crippen LogP) is 3.63. The van der Waals surface area contributed by atoms with Gasteiger partial charge in [-0.2, -0.15) is 0 Å². The van der Waals surface area contributed by atoms with Crippen LogP contribution >= 0.6 is 11.9 Å². The molecule has 164 valence electrons. The van der Waals surface area contributed by atoms with Gasteiger partial charge in [0, 0.05) is 23.5 Å². The lowest BCUT2D eigenvalue weighted by molar-refractivity contribution is -0.116. The van der Waals surface area contributed by atoms with Crippen LogP contribution in [-0.4, -0.2) is 49.9 Å². The van der Waals surface area contributed by atoms with Crippen molar-refractivity contribution in [2.24, 2.45) is 9.39 Å². The summed E-state index contributed by atoms with van der Waals surface area (Å²) in [6.07, 6.45) is 0.744. The van der Waals surface area contributed by atoms with E-state index >= 15 is 0 Å². The highest BCUT2D eigenvalue weighted by Crippen LogP contribution is 2.35. The molecular formula is C23H28N4O3S. The summed E-state index contributed by atoms with van der Waals surface area (Å²) in [6.45, 7) is 8.33. The molecule has 2 aromatic rings. The number of fused-ring (bicyclic) bond motifs is 1. The summed E-state index contributed by atoms with van der Waals surface area (Å²) in [5.41, 5.74) is 5.03. The Morgan fingerprint density at radius 3 is 2.97 bits per heavy atom. The molecule has 2 aromatic carbocycles. The number of anilines is 2. The van der Waals surface area contributed by atoms with Crippen LogP contribution in [0.2, 0.25) is 0 Å². The predicted molar refractivity (Wildman–Crippen MR) is 129 cm³/mol. The monoisotopic (exact) mass is 440 g/mol. The molecule has 31 heavy (non-hydrogen) atoms. The van der Waals surface area contributed by atoms with Crippen LogP contribution in [0, 0.1) is 6.92 Å². The molecular weight excluding hydrogens is 412 g/mol. The molecule has 0 spiro atoms. The van der Waals surface area contributed by atoms with Crippen molar-refractivity contribution in [1.82, 2.24) is 0 Å². The highest BCUT2D eigenvalue weighted by Gasteiger charge is 2.26. The summed E-state index contributed by atoms with van der Waals surface area (Å²) in [5.74, 6) is 2.11. The maximum atomic E-state index is 12.9. The van der Waals surface area contributed by atoms with Gasteiger partial charge in [0.2, 0.25) is 5.91 Å². The molecule has 0 atom stereocenters. The van der Waals surface area contributed by atoms with Crippen molar-refractivity contribution in [1.29, 1.82) is 0 Å². The van der Waals surface area contributed by atoms with Crippen LogP contribution in [0.15, 0.2) is 45.8 Å². The van der Waals surface area contributed by atoms with Crippen LogP contribution in [0.5, 0.6) is 5.75 Å². The average Bonchev–Trinajstić information content (AvgIpc) is 3.22. The van der Waals surface area contributed by atoms with Crippen LogP contribution in [0.4, 0.5) is 11.4 Å². The Morgan fingerprint density at radius 2 is 2.19 bits per heavy atom. The molecule has 0 saturated heterocycles. The topological polar surface area (TPSA) is 86.5 Å². The largest absolute Gasteiger partial charge is 0.491 e. The maximum Gasteiger partial charge on any atom is 0.246 e. The first-order chi connectivity index (χ1) is 15.0. The number of carbonyl (C=O) groups excluding carboxylic acids is 1. The summed E-state index contributed by atoms with van der Waals surface area (Å²) in [4.78, 5) is 18.5. The lowest BCUT2D eigenvalue weighted by atomic mass is 10.1. The minimum absolute atomic E-state index is 0.00881. The van der Waals surface area contributed by atoms with E-state index in [-0.39, 0.29) is 25.7 Å². The van der Waals surface area contributed by atoms with Crippen molar-refractivity contribution in [2.45, 2.75) is 26.0 Å². The van der Waals surface area contributed by atoms with Gasteiger partial charge in [-0.1, -0.05) is 18.2 Å². The number of rotatable bonds is 9. The van der Waals surface area contributed by atoms with E-state index in [0.29, 0.717) is 18.1 Å². The van der Waals surface area contributed by atoms with E-state index in [1.807, 2.05) is 38.1 Å². The Labute approximate surface area is 187 Å². The number of amidine groups is 1. The zero-order valence-corrected chi connectivity index (χ0v) is 18.7. The molecule has 2 N–H and O–H groups in total. The summed E-state index contributed by atoms with van der Waals surface area (Å²) >= 11 is 1.42. The number of benzene rings is 2. The molecule has 0 bridgehead atoms. The Balaban J connectivity index is 1.63. The smallest absolute Gasteiger partial charge is 0.246 e. The minimum atomic E-state index is -0.0374. The van der Waals surface area contributed by atoms with E-state index in [4.69, 9.17) is 9.84 Å². The van der Waals surface area contributed by atoms with Crippen LogP contribution in [0.25, 0.3) is 0 Å². The molecule has 1 aliphatic rings. The third-order valence-corrected chi connectivity index (χ3v) is 5.88. The standard InChI is InChI=1S/C23H28N4O3S/c1-16-7-8-18(15-31-26-17(2)24-3)13-20(16)25-14-23(29)27-10-9-19-21(27)5-4-6-22(19)30-12-11-28/h4-8,13,25,28H,3,9-12,14-15H2,1-2H3/b26-17-. The van der Waals surface area contributed by atoms with E-state index in [9.17, 15) is 4.79 Å². The molecule has 3 rings (SSSR count). The third kappa shape index (κ3) is 5.86. The Hall–Kier alpha value is -2.84. The Bertz CT molecular complexity index is 977. The molecule has 1 aliphatic heterocycles. The van der Waals surface area contributed by atoms with Gasteiger partial charge in [0.05, 0.1) is 18.8 Å². The van der Waals surface area contributed by atoms with E-state index in [2.05, 4.69) is 33.6 Å². The van der Waals surface area contributed by atoms with Crippen LogP contribution in [0.3, 0.4) is 0 Å². The number of aliphatic hydroxyl groups excluding tert-OH is 1. The minimum Gasteiger partial charge on any atom is -0.491 e. The van der Waals surface area contributed by atoms with Crippen LogP contribution in [0.1, 0.15) is 23.6 Å². The molecule has 1 heterocycles. The van der Waals surface area contributed by atoms with Crippen molar-refractivity contribution < 1.29 is 14.6 Å². The molecule has 8 heteroatoms. The summed E-state index contributed by atoms with van der Waals surface area (Å²) in [7, 11) is 0. The normalized spacial score (nSPS) is 13.1. The SMILES string of the molecule is C=N/C(C)=N\SCc1ccc(C)c(NCC(=O)N2CCc3c(OCCO)cccc32)c1. The molecule has 0 aromatic heterocycles. The van der Waals surface area contributed by atoms with Crippen molar-refractivity contribution in [2.75, 3.05) is 36.5 Å². The van der Waals surface area contributed by atoms with E-state index in [0.717, 1.165) is 40.2 Å². The maximum absolute atomic E-state index is 12.9. The molecule has 0 fully saturated rings. The number of aryl methyl sites for hydroxylation is 1. The third-order valence-electron chi connectivity index (χ3n) is 5.02. The average molecular weight is 441 g/mol. The van der Waals surface area contributed by atoms with Crippen LogP contribution in [-0.2, 0) is 17.0 Å². The summed E-state index contributed by atoms with van der Waals surface area (Å²) in [5, 5.41) is 12.3. The van der Waals surface area contributed by atoms with Crippen molar-refractivity contribution in [3.8, 4) is 5.75 Å². The van der Waals surface area contributed by atoms with Crippen molar-refractivity contribution >= 4 is 41.8 Å². The van der Waals surface area contributed by atoms with Gasteiger partial charge in [0.1, 0.15) is 18.2 Å². The van der Waals surface area contributed by atoms with Crippen molar-refractivity contribution in [3.63, 3.8) is 0 Å². The number of amides is 1. The fourth-order valence-corrected chi connectivity index (χ4v) is 4.03. The summed E-state index contributed by atoms with van der Waals surface area (Å²) < 4.78 is 9.88. The number of nitrogens with zero attached hydrogens (tertiary/aromatic N) is 3. The first-order valence-corrected chi connectivity index (χ1v) is 11.1. The second-order valence-electron chi connectivity index (χ2n) is 7.19. The molecule has 7 nitrogen and oxygen atoms in total. The zero-order valence-electron chi connectivity index (χ0n) is 17.9. The fourth-order valence-electron chi connectivity index (χ4n) is 3.40. The second kappa shape index (κ2) is 11.0.